The maximum Gasteiger partial charge on any atom is 0.0168 e. The van der Waals surface area contributed by atoms with Crippen LogP contribution in [0.4, 0.5) is 0 Å². The molecule has 9 heavy (non-hydrogen) atoms. The Morgan fingerprint density at radius 3 is 2.33 bits per heavy atom. The molecule has 2 heteroatoms. The zero-order valence-corrected chi connectivity index (χ0v) is 7.37. The lowest BCUT2D eigenvalue weighted by molar-refractivity contribution is 0.730. The molecule has 0 saturated carbocycles. The van der Waals surface area contributed by atoms with Crippen molar-refractivity contribution in [2.75, 3.05) is 5.75 Å². The maximum absolute atomic E-state index is 5.66. The molecule has 0 amide bonds. The molecule has 0 aromatic rings. The van der Waals surface area contributed by atoms with Crippen LogP contribution in [0.5, 0.6) is 0 Å². The Balaban J connectivity index is 3.16. The van der Waals surface area contributed by atoms with Gasteiger partial charge in [-0.1, -0.05) is 13.8 Å². The van der Waals surface area contributed by atoms with E-state index in [0.29, 0.717) is 11.3 Å². The van der Waals surface area contributed by atoms with E-state index in [1.54, 1.807) is 0 Å². The van der Waals surface area contributed by atoms with E-state index in [2.05, 4.69) is 20.8 Å². The second-order valence-corrected chi connectivity index (χ2v) is 3.92. The van der Waals surface area contributed by atoms with Crippen LogP contribution in [0, 0.1) is 0 Å². The predicted octanol–water partition coefficient (Wildman–Crippen LogP) is 1.87. The summed E-state index contributed by atoms with van der Waals surface area (Å²) in [7, 11) is 0. The fourth-order valence-corrected chi connectivity index (χ4v) is 1.37. The van der Waals surface area contributed by atoms with Crippen molar-refractivity contribution >= 4 is 11.8 Å². The number of rotatable bonds is 4. The minimum absolute atomic E-state index is 0.335. The summed E-state index contributed by atoms with van der Waals surface area (Å²) in [6.07, 6.45) is 1.25. The quantitative estimate of drug-likeness (QED) is 0.657. The largest absolute Gasteiger partial charge is 0.327 e. The van der Waals surface area contributed by atoms with E-state index >= 15 is 0 Å². The lowest BCUT2D eigenvalue weighted by Gasteiger charge is -2.13. The molecule has 0 aromatic carbocycles. The molecule has 0 aliphatic rings. The molecular formula is C7H17NS. The summed E-state index contributed by atoms with van der Waals surface area (Å²) in [6.45, 7) is 6.44. The second kappa shape index (κ2) is 5.12. The number of hydrogen-bond acceptors (Lipinski definition) is 2. The first-order valence-corrected chi connectivity index (χ1v) is 4.60. The normalized spacial score (nSPS) is 17.3. The summed E-state index contributed by atoms with van der Waals surface area (Å²) < 4.78 is 0. The van der Waals surface area contributed by atoms with Gasteiger partial charge in [0.1, 0.15) is 0 Å². The highest BCUT2D eigenvalue weighted by Gasteiger charge is 2.05. The molecule has 2 atom stereocenters. The highest BCUT2D eigenvalue weighted by Crippen LogP contribution is 2.13. The average Bonchev–Trinajstić information content (AvgIpc) is 1.82. The number of nitrogens with two attached hydrogens (primary N) is 1. The van der Waals surface area contributed by atoms with Crippen LogP contribution in [0.2, 0.25) is 0 Å². The van der Waals surface area contributed by atoms with E-state index in [4.69, 9.17) is 5.73 Å². The Morgan fingerprint density at radius 2 is 2.00 bits per heavy atom. The van der Waals surface area contributed by atoms with Crippen molar-refractivity contribution in [2.24, 2.45) is 5.73 Å². The van der Waals surface area contributed by atoms with E-state index in [1.807, 2.05) is 11.8 Å². The Labute approximate surface area is 62.4 Å². The molecule has 0 aromatic heterocycles. The molecule has 0 saturated heterocycles. The first kappa shape index (κ1) is 9.31. The Bertz CT molecular complexity index is 63.9. The summed E-state index contributed by atoms with van der Waals surface area (Å²) in [5.74, 6) is 1.24. The van der Waals surface area contributed by atoms with E-state index in [9.17, 15) is 0 Å². The molecule has 1 nitrogen and oxygen atoms in total. The molecule has 56 valence electrons. The van der Waals surface area contributed by atoms with Gasteiger partial charge in [0.25, 0.3) is 0 Å². The van der Waals surface area contributed by atoms with E-state index in [0.717, 1.165) is 0 Å². The number of hydrogen-bond donors (Lipinski definition) is 1. The van der Waals surface area contributed by atoms with E-state index < -0.39 is 0 Å². The monoisotopic (exact) mass is 147 g/mol. The van der Waals surface area contributed by atoms with Gasteiger partial charge in [-0.05, 0) is 19.1 Å². The first-order valence-electron chi connectivity index (χ1n) is 3.55. The van der Waals surface area contributed by atoms with Gasteiger partial charge in [-0.2, -0.15) is 11.8 Å². The Hall–Kier alpha value is 0.310. The van der Waals surface area contributed by atoms with Crippen LogP contribution >= 0.6 is 11.8 Å². The second-order valence-electron chi connectivity index (χ2n) is 2.44. The van der Waals surface area contributed by atoms with E-state index in [-0.39, 0.29) is 0 Å². The van der Waals surface area contributed by atoms with Gasteiger partial charge in [0, 0.05) is 11.3 Å². The third-order valence-electron chi connectivity index (χ3n) is 1.33. The summed E-state index contributed by atoms with van der Waals surface area (Å²) in [5.41, 5.74) is 5.66. The highest BCUT2D eigenvalue weighted by molar-refractivity contribution is 7.99. The summed E-state index contributed by atoms with van der Waals surface area (Å²) in [6, 6.07) is 0.335. The van der Waals surface area contributed by atoms with Gasteiger partial charge in [-0.15, -0.1) is 0 Å². The zero-order chi connectivity index (χ0) is 7.28. The SMILES string of the molecule is CCCSC(C)C(C)N. The average molecular weight is 147 g/mol. The summed E-state index contributed by atoms with van der Waals surface area (Å²) >= 11 is 1.96. The Kier molecular flexibility index (Phi) is 5.30. The predicted molar refractivity (Wildman–Crippen MR) is 45.9 cm³/mol. The fourth-order valence-electron chi connectivity index (χ4n) is 0.456. The van der Waals surface area contributed by atoms with Crippen LogP contribution < -0.4 is 5.73 Å². The van der Waals surface area contributed by atoms with Crippen molar-refractivity contribution in [2.45, 2.75) is 38.5 Å². The topological polar surface area (TPSA) is 26.0 Å². The lowest BCUT2D eigenvalue weighted by atomic mass is 10.3. The molecular weight excluding hydrogens is 130 g/mol. The molecule has 2 unspecified atom stereocenters. The standard InChI is InChI=1S/C7H17NS/c1-4-5-9-7(3)6(2)8/h6-7H,4-5,8H2,1-3H3. The molecule has 0 aliphatic heterocycles. The maximum atomic E-state index is 5.66. The Morgan fingerprint density at radius 1 is 1.44 bits per heavy atom. The molecule has 0 fully saturated rings. The molecule has 0 radical (unpaired) electrons. The molecule has 0 bridgehead atoms. The van der Waals surface area contributed by atoms with Crippen molar-refractivity contribution in [3.8, 4) is 0 Å². The molecule has 0 aliphatic carbocycles. The van der Waals surface area contributed by atoms with Crippen LogP contribution in [-0.2, 0) is 0 Å². The van der Waals surface area contributed by atoms with Gasteiger partial charge in [0.2, 0.25) is 0 Å². The van der Waals surface area contributed by atoms with E-state index in [1.165, 1.54) is 12.2 Å². The van der Waals surface area contributed by atoms with Crippen LogP contribution in [0.15, 0.2) is 0 Å². The van der Waals surface area contributed by atoms with Crippen molar-refractivity contribution in [3.63, 3.8) is 0 Å². The van der Waals surface area contributed by atoms with Crippen LogP contribution in [0.1, 0.15) is 27.2 Å². The van der Waals surface area contributed by atoms with Gasteiger partial charge >= 0.3 is 0 Å². The molecule has 0 heterocycles. The van der Waals surface area contributed by atoms with Crippen LogP contribution in [0.3, 0.4) is 0 Å². The van der Waals surface area contributed by atoms with Crippen molar-refractivity contribution < 1.29 is 0 Å². The minimum Gasteiger partial charge on any atom is -0.327 e. The van der Waals surface area contributed by atoms with Gasteiger partial charge in [-0.3, -0.25) is 0 Å². The fraction of sp³-hybridized carbons (Fsp3) is 1.00. The van der Waals surface area contributed by atoms with Crippen molar-refractivity contribution in [1.29, 1.82) is 0 Å². The molecule has 0 spiro atoms. The van der Waals surface area contributed by atoms with Gasteiger partial charge in [0.05, 0.1) is 0 Å². The zero-order valence-electron chi connectivity index (χ0n) is 6.55. The summed E-state index contributed by atoms with van der Waals surface area (Å²) in [4.78, 5) is 0. The van der Waals surface area contributed by atoms with Gasteiger partial charge < -0.3 is 5.73 Å². The van der Waals surface area contributed by atoms with Crippen molar-refractivity contribution in [1.82, 2.24) is 0 Å². The third-order valence-corrected chi connectivity index (χ3v) is 2.92. The smallest absolute Gasteiger partial charge is 0.0168 e. The molecule has 2 N–H and O–H groups in total. The minimum atomic E-state index is 0.335. The van der Waals surface area contributed by atoms with Gasteiger partial charge in [-0.25, -0.2) is 0 Å². The first-order chi connectivity index (χ1) is 4.18. The lowest BCUT2D eigenvalue weighted by Crippen LogP contribution is -2.26. The van der Waals surface area contributed by atoms with Crippen LogP contribution in [0.25, 0.3) is 0 Å². The van der Waals surface area contributed by atoms with Gasteiger partial charge in [0.15, 0.2) is 0 Å². The van der Waals surface area contributed by atoms with Crippen molar-refractivity contribution in [3.05, 3.63) is 0 Å². The summed E-state index contributed by atoms with van der Waals surface area (Å²) in [5, 5.41) is 0.616. The molecule has 0 rings (SSSR count). The highest BCUT2D eigenvalue weighted by atomic mass is 32.2. The number of thioether (sulfide) groups is 1. The van der Waals surface area contributed by atoms with Crippen LogP contribution in [-0.4, -0.2) is 17.0 Å². The third kappa shape index (κ3) is 4.79.